The van der Waals surface area contributed by atoms with Gasteiger partial charge >= 0.3 is 0 Å². The Morgan fingerprint density at radius 3 is 2.86 bits per heavy atom. The highest BCUT2D eigenvalue weighted by atomic mass is 35.5. The second kappa shape index (κ2) is 11.3. The van der Waals surface area contributed by atoms with Gasteiger partial charge in [0.1, 0.15) is 5.75 Å². The molecular weight excluding hydrogens is 488 g/mol. The van der Waals surface area contributed by atoms with Crippen molar-refractivity contribution in [3.05, 3.63) is 51.6 Å². The number of halogens is 1. The van der Waals surface area contributed by atoms with Crippen molar-refractivity contribution in [3.8, 4) is 17.6 Å². The molecule has 184 valence electrons. The number of aromatic nitrogens is 2. The molecule has 35 heavy (non-hydrogen) atoms. The Balaban J connectivity index is 1.46. The molecule has 0 bridgehead atoms. The lowest BCUT2D eigenvalue weighted by atomic mass is 9.73. The second-order valence-corrected chi connectivity index (χ2v) is 9.90. The maximum atomic E-state index is 12.7. The van der Waals surface area contributed by atoms with E-state index in [1.807, 2.05) is 16.9 Å². The smallest absolute Gasteiger partial charge is 0.249 e. The number of aliphatic hydroxyl groups excluding tert-OH is 1. The van der Waals surface area contributed by atoms with Crippen molar-refractivity contribution in [1.29, 1.82) is 0 Å². The summed E-state index contributed by atoms with van der Waals surface area (Å²) >= 11 is 7.94. The zero-order chi connectivity index (χ0) is 24.8. The zero-order valence-electron chi connectivity index (χ0n) is 19.3. The molecule has 1 atom stereocenters. The number of nitrogens with one attached hydrogen (secondary N) is 1. The summed E-state index contributed by atoms with van der Waals surface area (Å²) < 4.78 is 5.32. The van der Waals surface area contributed by atoms with E-state index in [2.05, 4.69) is 26.7 Å². The van der Waals surface area contributed by atoms with Crippen molar-refractivity contribution in [2.45, 2.75) is 31.8 Å². The molecule has 1 aliphatic rings. The van der Waals surface area contributed by atoms with Crippen LogP contribution in [0, 0.1) is 17.3 Å². The minimum absolute atomic E-state index is 0.299. The summed E-state index contributed by atoms with van der Waals surface area (Å²) in [5.41, 5.74) is 2.31. The first kappa shape index (κ1) is 25.4. The number of hydroxylamine groups is 1. The highest BCUT2D eigenvalue weighted by Crippen LogP contribution is 2.41. The van der Waals surface area contributed by atoms with E-state index in [0.29, 0.717) is 72.6 Å². The van der Waals surface area contributed by atoms with E-state index < -0.39 is 17.4 Å². The molecular formula is C25H27ClN4O4S. The fourth-order valence-electron chi connectivity index (χ4n) is 4.55. The van der Waals surface area contributed by atoms with Gasteiger partial charge in [-0.3, -0.25) is 19.9 Å². The molecule has 1 saturated heterocycles. The maximum Gasteiger partial charge on any atom is 0.249 e. The van der Waals surface area contributed by atoms with Gasteiger partial charge in [0.15, 0.2) is 5.01 Å². The maximum absolute atomic E-state index is 12.7. The molecule has 1 unspecified atom stereocenters. The number of likely N-dealkylation sites (tertiary alicyclic amines) is 1. The Morgan fingerprint density at radius 2 is 2.17 bits per heavy atom. The number of ether oxygens (including phenoxy) is 1. The topological polar surface area (TPSA) is 108 Å². The molecule has 1 aliphatic heterocycles. The van der Waals surface area contributed by atoms with Gasteiger partial charge in [-0.15, -0.1) is 11.3 Å². The average molecular weight is 515 g/mol. The van der Waals surface area contributed by atoms with Gasteiger partial charge in [0.2, 0.25) is 5.91 Å². The van der Waals surface area contributed by atoms with Crippen molar-refractivity contribution in [2.24, 2.45) is 5.41 Å². The van der Waals surface area contributed by atoms with E-state index >= 15 is 0 Å². The van der Waals surface area contributed by atoms with Gasteiger partial charge < -0.3 is 9.84 Å². The number of amides is 1. The summed E-state index contributed by atoms with van der Waals surface area (Å²) in [6, 6.07) is 5.41. The van der Waals surface area contributed by atoms with Crippen LogP contribution in [0.1, 0.15) is 42.4 Å². The molecule has 8 nitrogen and oxygen atoms in total. The predicted molar refractivity (Wildman–Crippen MR) is 135 cm³/mol. The number of hydrogen-bond acceptors (Lipinski definition) is 8. The Bertz CT molecular complexity index is 1230. The van der Waals surface area contributed by atoms with E-state index in [-0.39, 0.29) is 0 Å². The summed E-state index contributed by atoms with van der Waals surface area (Å²) in [6.07, 6.45) is 4.12. The first-order valence-electron chi connectivity index (χ1n) is 11.3. The van der Waals surface area contributed by atoms with Crippen LogP contribution < -0.4 is 10.2 Å². The first-order valence-corrected chi connectivity index (χ1v) is 12.6. The standard InChI is InChI=1S/C25H27ClN4O4S/c1-34-17-4-5-20-18(15-17)23(19(26)16-28-20)21(31)6-7-25(24(32)29-33)8-12-30(13-9-25)11-2-3-22-27-10-14-35-22/h4-5,10,14-16,21,31,33H,6-9,11-13H2,1H3,(H,29,32). The van der Waals surface area contributed by atoms with Gasteiger partial charge in [-0.25, -0.2) is 10.5 Å². The summed E-state index contributed by atoms with van der Waals surface area (Å²) in [4.78, 5) is 23.4. The predicted octanol–water partition coefficient (Wildman–Crippen LogP) is 3.81. The minimum atomic E-state index is -0.911. The van der Waals surface area contributed by atoms with Crippen molar-refractivity contribution >= 4 is 39.7 Å². The Morgan fingerprint density at radius 1 is 1.37 bits per heavy atom. The summed E-state index contributed by atoms with van der Waals surface area (Å²) in [5, 5.41) is 24.3. The van der Waals surface area contributed by atoms with Crippen LogP contribution in [0.15, 0.2) is 36.0 Å². The van der Waals surface area contributed by atoms with Crippen molar-refractivity contribution in [2.75, 3.05) is 26.7 Å². The summed E-state index contributed by atoms with van der Waals surface area (Å²) in [5.74, 6) is 6.40. The average Bonchev–Trinajstić information content (AvgIpc) is 3.40. The molecule has 0 aliphatic carbocycles. The van der Waals surface area contributed by atoms with E-state index in [0.717, 1.165) is 5.01 Å². The Kier molecular flexibility index (Phi) is 8.21. The number of benzene rings is 1. The lowest BCUT2D eigenvalue weighted by Gasteiger charge is -2.40. The summed E-state index contributed by atoms with van der Waals surface area (Å²) in [6.45, 7) is 1.90. The number of carbonyl (C=O) groups excluding carboxylic acids is 1. The highest BCUT2D eigenvalue weighted by Gasteiger charge is 2.41. The van der Waals surface area contributed by atoms with Gasteiger partial charge in [0.25, 0.3) is 0 Å². The van der Waals surface area contributed by atoms with Crippen LogP contribution in [0.4, 0.5) is 0 Å². The van der Waals surface area contributed by atoms with E-state index in [1.165, 1.54) is 17.5 Å². The fourth-order valence-corrected chi connectivity index (χ4v) is 5.33. The third-order valence-corrected chi connectivity index (χ3v) is 7.61. The molecule has 0 radical (unpaired) electrons. The molecule has 0 saturated carbocycles. The van der Waals surface area contributed by atoms with Gasteiger partial charge in [0.05, 0.1) is 35.7 Å². The SMILES string of the molecule is COc1ccc2ncc(Cl)c(C(O)CCC3(C(=O)NO)CCN(CC#Cc4nccs4)CC3)c2c1. The van der Waals surface area contributed by atoms with Crippen LogP contribution >= 0.6 is 22.9 Å². The number of hydrogen-bond donors (Lipinski definition) is 3. The van der Waals surface area contributed by atoms with Gasteiger partial charge in [-0.05, 0) is 49.8 Å². The van der Waals surface area contributed by atoms with Crippen molar-refractivity contribution in [3.63, 3.8) is 0 Å². The fraction of sp³-hybridized carbons (Fsp3) is 0.400. The number of carbonyl (C=O) groups is 1. The first-order chi connectivity index (χ1) is 17.0. The van der Waals surface area contributed by atoms with Crippen LogP contribution in [0.3, 0.4) is 0 Å². The molecule has 3 N–H and O–H groups in total. The number of thiazole rings is 1. The molecule has 3 heterocycles. The molecule has 2 aromatic heterocycles. The van der Waals surface area contributed by atoms with Gasteiger partial charge in [-0.2, -0.15) is 0 Å². The molecule has 1 amide bonds. The minimum Gasteiger partial charge on any atom is -0.497 e. The molecule has 1 aromatic carbocycles. The number of piperidine rings is 1. The molecule has 4 rings (SSSR count). The quantitative estimate of drug-likeness (QED) is 0.250. The van der Waals surface area contributed by atoms with Gasteiger partial charge in [0, 0.05) is 41.8 Å². The van der Waals surface area contributed by atoms with Gasteiger partial charge in [-0.1, -0.05) is 17.5 Å². The number of fused-ring (bicyclic) bond motifs is 1. The third kappa shape index (κ3) is 5.74. The number of aliphatic hydroxyl groups is 1. The lowest BCUT2D eigenvalue weighted by molar-refractivity contribution is -0.143. The zero-order valence-corrected chi connectivity index (χ0v) is 20.9. The van der Waals surface area contributed by atoms with E-state index in [4.69, 9.17) is 16.3 Å². The molecule has 1 fully saturated rings. The van der Waals surface area contributed by atoms with Crippen LogP contribution in [0.2, 0.25) is 5.02 Å². The molecule has 0 spiro atoms. The Labute approximate surface area is 212 Å². The monoisotopic (exact) mass is 514 g/mol. The molecule has 10 heteroatoms. The number of pyridine rings is 1. The normalized spacial score (nSPS) is 16.3. The molecule has 3 aromatic rings. The van der Waals surface area contributed by atoms with Crippen LogP contribution in [-0.2, 0) is 4.79 Å². The van der Waals surface area contributed by atoms with Crippen molar-refractivity contribution in [1.82, 2.24) is 20.3 Å². The second-order valence-electron chi connectivity index (χ2n) is 8.59. The summed E-state index contributed by atoms with van der Waals surface area (Å²) in [7, 11) is 1.57. The van der Waals surface area contributed by atoms with Crippen LogP contribution in [-0.4, -0.2) is 57.8 Å². The van der Waals surface area contributed by atoms with Crippen LogP contribution in [0.25, 0.3) is 10.9 Å². The third-order valence-electron chi connectivity index (χ3n) is 6.62. The van der Waals surface area contributed by atoms with E-state index in [1.54, 1.807) is 25.4 Å². The number of nitrogens with zero attached hydrogens (tertiary/aromatic N) is 3. The van der Waals surface area contributed by atoms with Crippen LogP contribution in [0.5, 0.6) is 5.75 Å². The number of rotatable bonds is 7. The van der Waals surface area contributed by atoms with E-state index in [9.17, 15) is 15.1 Å². The lowest BCUT2D eigenvalue weighted by Crippen LogP contribution is -2.48. The Hall–Kier alpha value is -2.74. The highest BCUT2D eigenvalue weighted by molar-refractivity contribution is 7.10. The van der Waals surface area contributed by atoms with Crippen molar-refractivity contribution < 1.29 is 19.8 Å². The largest absolute Gasteiger partial charge is 0.497 e. The number of methoxy groups -OCH3 is 1.